The Morgan fingerprint density at radius 1 is 1.29 bits per heavy atom. The molecule has 0 spiro atoms. The van der Waals surface area contributed by atoms with Crippen LogP contribution in [0, 0.1) is 24.7 Å². The third-order valence-corrected chi connectivity index (χ3v) is 5.38. The minimum absolute atomic E-state index is 0.0494. The molecular formula is C19H26N6O3. The van der Waals surface area contributed by atoms with Gasteiger partial charge in [0.2, 0.25) is 12.3 Å². The molecule has 0 radical (unpaired) electrons. The van der Waals surface area contributed by atoms with Gasteiger partial charge in [-0.15, -0.1) is 10.2 Å². The fraction of sp³-hybridized carbons (Fsp3) is 0.526. The van der Waals surface area contributed by atoms with Gasteiger partial charge in [-0.2, -0.15) is 0 Å². The van der Waals surface area contributed by atoms with E-state index >= 15 is 0 Å². The van der Waals surface area contributed by atoms with Crippen molar-refractivity contribution >= 4 is 29.3 Å². The summed E-state index contributed by atoms with van der Waals surface area (Å²) >= 11 is 0. The van der Waals surface area contributed by atoms with E-state index < -0.39 is 5.92 Å². The van der Waals surface area contributed by atoms with Gasteiger partial charge in [-0.3, -0.25) is 25.6 Å². The first kappa shape index (κ1) is 19.9. The molecule has 1 aromatic carbocycles. The van der Waals surface area contributed by atoms with Crippen LogP contribution in [0.15, 0.2) is 18.2 Å². The number of aromatic nitrogens is 3. The molecule has 2 amide bonds. The molecule has 150 valence electrons. The molecule has 1 aliphatic rings. The Morgan fingerprint density at radius 2 is 2.04 bits per heavy atom. The highest BCUT2D eigenvalue weighted by Crippen LogP contribution is 2.33. The van der Waals surface area contributed by atoms with Gasteiger partial charge >= 0.3 is 0 Å². The van der Waals surface area contributed by atoms with E-state index in [1.165, 1.54) is 0 Å². The molecule has 1 fully saturated rings. The average Bonchev–Trinajstić information content (AvgIpc) is 2.70. The van der Waals surface area contributed by atoms with Crippen LogP contribution in [0.2, 0.25) is 0 Å². The van der Waals surface area contributed by atoms with Crippen molar-refractivity contribution in [3.8, 4) is 0 Å². The first-order valence-electron chi connectivity index (χ1n) is 9.54. The molecule has 2 aromatic rings. The van der Waals surface area contributed by atoms with Crippen LogP contribution in [0.25, 0.3) is 11.0 Å². The van der Waals surface area contributed by atoms with Crippen LogP contribution in [0.3, 0.4) is 0 Å². The number of hydrazine groups is 1. The second-order valence-electron chi connectivity index (χ2n) is 7.60. The molecule has 0 saturated heterocycles. The Morgan fingerprint density at radius 3 is 2.75 bits per heavy atom. The van der Waals surface area contributed by atoms with Crippen LogP contribution in [-0.4, -0.2) is 44.3 Å². The van der Waals surface area contributed by atoms with Crippen molar-refractivity contribution in [2.75, 3.05) is 12.0 Å². The zero-order chi connectivity index (χ0) is 20.1. The van der Waals surface area contributed by atoms with Crippen LogP contribution in [0.4, 0.5) is 5.95 Å². The van der Waals surface area contributed by atoms with E-state index in [2.05, 4.69) is 33.0 Å². The second-order valence-corrected chi connectivity index (χ2v) is 7.60. The number of carbonyl (C=O) groups is 2. The summed E-state index contributed by atoms with van der Waals surface area (Å²) in [5.41, 5.74) is 7.70. The number of amides is 2. The number of hydrogen-bond acceptors (Lipinski definition) is 7. The molecule has 28 heavy (non-hydrogen) atoms. The Hall–Kier alpha value is -2.81. The summed E-state index contributed by atoms with van der Waals surface area (Å²) in [6.45, 7) is 4.11. The SMILES string of the molecule is Cc1ccc2nc(NNC(=O)C(CN(O)C=O)C3CCC(C)CC3)nnc2c1. The number of hydrogen-bond donors (Lipinski definition) is 3. The zero-order valence-electron chi connectivity index (χ0n) is 16.1. The number of benzene rings is 1. The van der Waals surface area contributed by atoms with Crippen molar-refractivity contribution in [3.63, 3.8) is 0 Å². The van der Waals surface area contributed by atoms with Crippen LogP contribution >= 0.6 is 0 Å². The third kappa shape index (κ3) is 4.92. The first-order chi connectivity index (χ1) is 13.5. The number of anilines is 1. The van der Waals surface area contributed by atoms with E-state index in [-0.39, 0.29) is 24.3 Å². The highest BCUT2D eigenvalue weighted by molar-refractivity contribution is 5.81. The Kier molecular flexibility index (Phi) is 6.35. The third-order valence-electron chi connectivity index (χ3n) is 5.38. The average molecular weight is 386 g/mol. The van der Waals surface area contributed by atoms with Crippen molar-refractivity contribution in [1.82, 2.24) is 25.7 Å². The zero-order valence-corrected chi connectivity index (χ0v) is 16.1. The van der Waals surface area contributed by atoms with E-state index in [4.69, 9.17) is 0 Å². The van der Waals surface area contributed by atoms with E-state index in [1.54, 1.807) is 0 Å². The predicted molar refractivity (Wildman–Crippen MR) is 103 cm³/mol. The van der Waals surface area contributed by atoms with Crippen molar-refractivity contribution in [2.24, 2.45) is 17.8 Å². The standard InChI is InChI=1S/C19H26N6O3/c1-12-3-6-14(7-4-12)15(10-25(28)11-26)18(27)22-24-19-20-16-8-5-13(2)9-17(16)21-23-19/h5,8-9,11-12,14-15,28H,3-4,6-7,10H2,1-2H3,(H,22,27)(H,20,23,24). The number of nitrogens with zero attached hydrogens (tertiary/aromatic N) is 4. The molecule has 1 heterocycles. The summed E-state index contributed by atoms with van der Waals surface area (Å²) in [7, 11) is 0. The van der Waals surface area contributed by atoms with Crippen LogP contribution in [0.1, 0.15) is 38.2 Å². The van der Waals surface area contributed by atoms with E-state index in [9.17, 15) is 14.8 Å². The lowest BCUT2D eigenvalue weighted by molar-refractivity contribution is -0.156. The molecule has 1 aromatic heterocycles. The minimum atomic E-state index is -0.522. The summed E-state index contributed by atoms with van der Waals surface area (Å²) in [6, 6.07) is 5.65. The van der Waals surface area contributed by atoms with Crippen molar-refractivity contribution < 1.29 is 14.8 Å². The van der Waals surface area contributed by atoms with E-state index in [1.807, 2.05) is 25.1 Å². The number of carbonyl (C=O) groups excluding carboxylic acids is 2. The molecular weight excluding hydrogens is 360 g/mol. The highest BCUT2D eigenvalue weighted by Gasteiger charge is 2.32. The van der Waals surface area contributed by atoms with Crippen molar-refractivity contribution in [2.45, 2.75) is 39.5 Å². The summed E-state index contributed by atoms with van der Waals surface area (Å²) in [5.74, 6) is 0.0811. The van der Waals surface area contributed by atoms with Crippen LogP contribution < -0.4 is 10.9 Å². The molecule has 0 aliphatic heterocycles. The maximum atomic E-state index is 12.8. The second kappa shape index (κ2) is 8.92. The molecule has 9 heteroatoms. The van der Waals surface area contributed by atoms with Gasteiger partial charge in [-0.25, -0.2) is 10.0 Å². The molecule has 1 unspecified atom stereocenters. The maximum Gasteiger partial charge on any atom is 0.262 e. The smallest absolute Gasteiger partial charge is 0.262 e. The number of nitrogens with one attached hydrogen (secondary N) is 2. The first-order valence-corrected chi connectivity index (χ1v) is 9.54. The van der Waals surface area contributed by atoms with Crippen molar-refractivity contribution in [3.05, 3.63) is 23.8 Å². The lowest BCUT2D eigenvalue weighted by atomic mass is 9.76. The maximum absolute atomic E-state index is 12.8. The van der Waals surface area contributed by atoms with Gasteiger partial charge in [0.15, 0.2) is 0 Å². The molecule has 3 N–H and O–H groups in total. The highest BCUT2D eigenvalue weighted by atomic mass is 16.5. The molecule has 9 nitrogen and oxygen atoms in total. The number of hydroxylamine groups is 2. The summed E-state index contributed by atoms with van der Waals surface area (Å²) in [5, 5.41) is 18.2. The predicted octanol–water partition coefficient (Wildman–Crippen LogP) is 2.07. The monoisotopic (exact) mass is 386 g/mol. The van der Waals surface area contributed by atoms with Gasteiger partial charge in [0, 0.05) is 0 Å². The van der Waals surface area contributed by atoms with Gasteiger partial charge in [-0.1, -0.05) is 25.8 Å². The summed E-state index contributed by atoms with van der Waals surface area (Å²) in [4.78, 5) is 27.9. The Labute approximate surface area is 163 Å². The number of rotatable bonds is 7. The lowest BCUT2D eigenvalue weighted by Crippen LogP contribution is -2.44. The summed E-state index contributed by atoms with van der Waals surface area (Å²) < 4.78 is 0. The van der Waals surface area contributed by atoms with Gasteiger partial charge in [0.1, 0.15) is 5.52 Å². The summed E-state index contributed by atoms with van der Waals surface area (Å²) in [6.07, 6.45) is 4.16. The fourth-order valence-electron chi connectivity index (χ4n) is 3.69. The largest absolute Gasteiger partial charge is 0.286 e. The Balaban J connectivity index is 1.67. The van der Waals surface area contributed by atoms with Crippen LogP contribution in [-0.2, 0) is 9.59 Å². The van der Waals surface area contributed by atoms with Gasteiger partial charge in [0.05, 0.1) is 18.0 Å². The van der Waals surface area contributed by atoms with Gasteiger partial charge < -0.3 is 0 Å². The molecule has 1 saturated carbocycles. The van der Waals surface area contributed by atoms with Crippen molar-refractivity contribution in [1.29, 1.82) is 0 Å². The van der Waals surface area contributed by atoms with Gasteiger partial charge in [0.25, 0.3) is 5.95 Å². The minimum Gasteiger partial charge on any atom is -0.286 e. The van der Waals surface area contributed by atoms with E-state index in [0.717, 1.165) is 31.2 Å². The molecule has 0 bridgehead atoms. The lowest BCUT2D eigenvalue weighted by Gasteiger charge is -2.32. The van der Waals surface area contributed by atoms with Gasteiger partial charge in [-0.05, 0) is 49.3 Å². The molecule has 1 atom stereocenters. The van der Waals surface area contributed by atoms with E-state index in [0.29, 0.717) is 28.4 Å². The number of fused-ring (bicyclic) bond motifs is 1. The number of aryl methyl sites for hydroxylation is 1. The quantitative estimate of drug-likeness (QED) is 0.378. The Bertz CT molecular complexity index is 838. The molecule has 1 aliphatic carbocycles. The normalized spacial score (nSPS) is 20.4. The fourth-order valence-corrected chi connectivity index (χ4v) is 3.69. The van der Waals surface area contributed by atoms with Crippen LogP contribution in [0.5, 0.6) is 0 Å². The molecule has 3 rings (SSSR count). The topological polar surface area (TPSA) is 120 Å².